The first-order valence-electron chi connectivity index (χ1n) is 8.16. The van der Waals surface area contributed by atoms with Crippen LogP contribution in [0.1, 0.15) is 11.4 Å². The molecule has 132 valence electrons. The van der Waals surface area contributed by atoms with Gasteiger partial charge in [-0.05, 0) is 48.9 Å². The Morgan fingerprint density at radius 1 is 0.962 bits per heavy atom. The van der Waals surface area contributed by atoms with Crippen molar-refractivity contribution in [2.24, 2.45) is 0 Å². The molecule has 0 atom stereocenters. The molecule has 0 radical (unpaired) electrons. The summed E-state index contributed by atoms with van der Waals surface area (Å²) in [6.45, 7) is 2.67. The van der Waals surface area contributed by atoms with Crippen molar-refractivity contribution in [3.8, 4) is 11.5 Å². The second-order valence-corrected chi connectivity index (χ2v) is 5.86. The summed E-state index contributed by atoms with van der Waals surface area (Å²) in [5.41, 5.74) is 1.81. The number of rotatable bonds is 5. The van der Waals surface area contributed by atoms with Gasteiger partial charge in [-0.15, -0.1) is 0 Å². The molecule has 1 aromatic heterocycles. The summed E-state index contributed by atoms with van der Waals surface area (Å²) in [5.74, 6) is 3.20. The molecule has 2 heterocycles. The second-order valence-electron chi connectivity index (χ2n) is 5.86. The summed E-state index contributed by atoms with van der Waals surface area (Å²) in [5, 5.41) is 6.43. The van der Waals surface area contributed by atoms with Crippen LogP contribution < -0.4 is 20.1 Å². The van der Waals surface area contributed by atoms with Crippen LogP contribution in [-0.4, -0.2) is 16.8 Å². The average molecular weight is 352 g/mol. The van der Waals surface area contributed by atoms with Crippen LogP contribution in [0.2, 0.25) is 0 Å². The van der Waals surface area contributed by atoms with Crippen molar-refractivity contribution in [1.29, 1.82) is 0 Å². The third-order valence-electron chi connectivity index (χ3n) is 3.87. The van der Waals surface area contributed by atoms with Crippen LogP contribution in [0.25, 0.3) is 0 Å². The quantitative estimate of drug-likeness (QED) is 0.723. The van der Waals surface area contributed by atoms with Gasteiger partial charge < -0.3 is 20.1 Å². The molecule has 0 aliphatic carbocycles. The smallest absolute Gasteiger partial charge is 0.231 e. The van der Waals surface area contributed by atoms with Gasteiger partial charge in [-0.3, -0.25) is 0 Å². The number of ether oxygens (including phenoxy) is 2. The minimum atomic E-state index is -0.277. The molecule has 26 heavy (non-hydrogen) atoms. The van der Waals surface area contributed by atoms with E-state index >= 15 is 0 Å². The van der Waals surface area contributed by atoms with Gasteiger partial charge in [0, 0.05) is 18.3 Å². The molecule has 0 spiro atoms. The molecular weight excluding hydrogens is 335 g/mol. The molecule has 7 heteroatoms. The number of halogens is 1. The zero-order chi connectivity index (χ0) is 17.9. The summed E-state index contributed by atoms with van der Waals surface area (Å²) >= 11 is 0. The van der Waals surface area contributed by atoms with E-state index in [9.17, 15) is 4.39 Å². The largest absolute Gasteiger partial charge is 0.454 e. The maximum absolute atomic E-state index is 13.0. The molecule has 0 saturated heterocycles. The molecule has 2 aromatic carbocycles. The Morgan fingerprint density at radius 3 is 2.58 bits per heavy atom. The topological polar surface area (TPSA) is 68.3 Å². The second kappa shape index (κ2) is 6.87. The maximum Gasteiger partial charge on any atom is 0.231 e. The van der Waals surface area contributed by atoms with Crippen LogP contribution in [0.5, 0.6) is 11.5 Å². The lowest BCUT2D eigenvalue weighted by Crippen LogP contribution is -2.05. The molecule has 1 aliphatic heterocycles. The molecule has 3 aromatic rings. The fourth-order valence-electron chi connectivity index (χ4n) is 2.65. The Hall–Kier alpha value is -3.35. The zero-order valence-corrected chi connectivity index (χ0v) is 14.1. The maximum atomic E-state index is 13.0. The van der Waals surface area contributed by atoms with Crippen molar-refractivity contribution in [1.82, 2.24) is 9.97 Å². The summed E-state index contributed by atoms with van der Waals surface area (Å²) in [6, 6.07) is 13.7. The monoisotopic (exact) mass is 352 g/mol. The minimum Gasteiger partial charge on any atom is -0.454 e. The average Bonchev–Trinajstić information content (AvgIpc) is 3.09. The fourth-order valence-corrected chi connectivity index (χ4v) is 2.65. The Balaban J connectivity index is 1.46. The highest BCUT2D eigenvalue weighted by molar-refractivity contribution is 5.59. The van der Waals surface area contributed by atoms with Gasteiger partial charge in [0.15, 0.2) is 11.5 Å². The number of aromatic nitrogens is 2. The van der Waals surface area contributed by atoms with E-state index in [0.717, 1.165) is 22.7 Å². The van der Waals surface area contributed by atoms with Crippen LogP contribution in [0.15, 0.2) is 48.5 Å². The van der Waals surface area contributed by atoms with Gasteiger partial charge in [-0.1, -0.05) is 6.07 Å². The van der Waals surface area contributed by atoms with Crippen molar-refractivity contribution >= 4 is 17.3 Å². The molecule has 0 unspecified atom stereocenters. The van der Waals surface area contributed by atoms with Crippen LogP contribution in [-0.2, 0) is 6.54 Å². The van der Waals surface area contributed by atoms with E-state index in [4.69, 9.17) is 9.47 Å². The Kier molecular flexibility index (Phi) is 4.27. The lowest BCUT2D eigenvalue weighted by molar-refractivity contribution is 0.174. The van der Waals surface area contributed by atoms with Gasteiger partial charge in [0.1, 0.15) is 23.3 Å². The number of fused-ring (bicyclic) bond motifs is 1. The Bertz CT molecular complexity index is 931. The summed E-state index contributed by atoms with van der Waals surface area (Å²) in [4.78, 5) is 8.76. The molecule has 0 amide bonds. The number of hydrogen-bond acceptors (Lipinski definition) is 6. The number of nitrogens with one attached hydrogen (secondary N) is 2. The van der Waals surface area contributed by atoms with E-state index in [1.54, 1.807) is 12.1 Å². The lowest BCUT2D eigenvalue weighted by atomic mass is 10.2. The highest BCUT2D eigenvalue weighted by atomic mass is 19.1. The SMILES string of the molecule is Cc1nc(NCc2ccc3c(c2)OCO3)cc(Nc2ccc(F)cc2)n1. The predicted molar refractivity (Wildman–Crippen MR) is 96.3 cm³/mol. The third kappa shape index (κ3) is 3.66. The van der Waals surface area contributed by atoms with Gasteiger partial charge in [-0.2, -0.15) is 0 Å². The van der Waals surface area contributed by atoms with Crippen LogP contribution in [0.3, 0.4) is 0 Å². The van der Waals surface area contributed by atoms with Gasteiger partial charge in [0.2, 0.25) is 6.79 Å². The number of hydrogen-bond donors (Lipinski definition) is 2. The van der Waals surface area contributed by atoms with E-state index in [0.29, 0.717) is 24.0 Å². The van der Waals surface area contributed by atoms with Crippen molar-refractivity contribution in [2.75, 3.05) is 17.4 Å². The Morgan fingerprint density at radius 2 is 1.73 bits per heavy atom. The fraction of sp³-hybridized carbons (Fsp3) is 0.158. The molecule has 6 nitrogen and oxygen atoms in total. The highest BCUT2D eigenvalue weighted by Gasteiger charge is 2.13. The van der Waals surface area contributed by atoms with E-state index in [1.807, 2.05) is 31.2 Å². The minimum absolute atomic E-state index is 0.260. The first-order chi connectivity index (χ1) is 12.7. The number of aryl methyl sites for hydroxylation is 1. The van der Waals surface area contributed by atoms with Gasteiger partial charge in [0.05, 0.1) is 0 Å². The van der Waals surface area contributed by atoms with Crippen LogP contribution in [0.4, 0.5) is 21.7 Å². The Labute approximate surface area is 150 Å². The van der Waals surface area contributed by atoms with Gasteiger partial charge >= 0.3 is 0 Å². The summed E-state index contributed by atoms with van der Waals surface area (Å²) in [6.07, 6.45) is 0. The van der Waals surface area contributed by atoms with Crippen molar-refractivity contribution < 1.29 is 13.9 Å². The van der Waals surface area contributed by atoms with Crippen molar-refractivity contribution in [2.45, 2.75) is 13.5 Å². The summed E-state index contributed by atoms with van der Waals surface area (Å²) in [7, 11) is 0. The summed E-state index contributed by atoms with van der Waals surface area (Å²) < 4.78 is 23.7. The van der Waals surface area contributed by atoms with E-state index < -0.39 is 0 Å². The van der Waals surface area contributed by atoms with Crippen molar-refractivity contribution in [3.63, 3.8) is 0 Å². The van der Waals surface area contributed by atoms with Crippen molar-refractivity contribution in [3.05, 3.63) is 65.7 Å². The zero-order valence-electron chi connectivity index (χ0n) is 14.1. The number of nitrogens with zero attached hydrogens (tertiary/aromatic N) is 2. The number of benzene rings is 2. The molecule has 0 saturated carbocycles. The molecule has 2 N–H and O–H groups in total. The van der Waals surface area contributed by atoms with Gasteiger partial charge in [0.25, 0.3) is 0 Å². The van der Waals surface area contributed by atoms with E-state index in [-0.39, 0.29) is 12.6 Å². The molecule has 4 rings (SSSR count). The third-order valence-corrected chi connectivity index (χ3v) is 3.87. The highest BCUT2D eigenvalue weighted by Crippen LogP contribution is 2.32. The predicted octanol–water partition coefficient (Wildman–Crippen LogP) is 4.01. The molecule has 0 fully saturated rings. The van der Waals surface area contributed by atoms with Crippen LogP contribution >= 0.6 is 0 Å². The van der Waals surface area contributed by atoms with E-state index in [1.165, 1.54) is 12.1 Å². The van der Waals surface area contributed by atoms with Crippen LogP contribution in [0, 0.1) is 12.7 Å². The number of anilines is 3. The molecule has 1 aliphatic rings. The van der Waals surface area contributed by atoms with Gasteiger partial charge in [-0.25, -0.2) is 14.4 Å². The molecule has 0 bridgehead atoms. The lowest BCUT2D eigenvalue weighted by Gasteiger charge is -2.11. The standard InChI is InChI=1S/C19H17FN4O2/c1-12-22-18(9-19(23-12)24-15-5-3-14(20)4-6-15)21-10-13-2-7-16-17(8-13)26-11-25-16/h2-9H,10-11H2,1H3,(H2,21,22,23,24). The van der Waals surface area contributed by atoms with E-state index in [2.05, 4.69) is 20.6 Å². The normalized spacial score (nSPS) is 12.1. The first kappa shape index (κ1) is 16.1. The first-order valence-corrected chi connectivity index (χ1v) is 8.16. The molecular formula is C19H17FN4O2.